The maximum Gasteiger partial charge on any atom is 0.153 e. The molecule has 0 radical (unpaired) electrons. The van der Waals surface area contributed by atoms with E-state index in [0.29, 0.717) is 0 Å². The first-order valence-electron chi connectivity index (χ1n) is 4.99. The third-order valence-electron chi connectivity index (χ3n) is 2.47. The van der Waals surface area contributed by atoms with Gasteiger partial charge in [-0.25, -0.2) is 8.42 Å². The van der Waals surface area contributed by atoms with Gasteiger partial charge in [0.2, 0.25) is 0 Å². The average molecular weight is 258 g/mol. The predicted molar refractivity (Wildman–Crippen MR) is 66.1 cm³/mol. The largest absolute Gasteiger partial charge is 0.287 e. The van der Waals surface area contributed by atoms with Crippen molar-refractivity contribution in [3.05, 3.63) is 35.9 Å². The molecular formula is C11H12ClNO2S. The second-order valence-electron chi connectivity index (χ2n) is 3.85. The van der Waals surface area contributed by atoms with Crippen molar-refractivity contribution in [1.29, 1.82) is 0 Å². The number of benzene rings is 1. The minimum atomic E-state index is -2.99. The normalized spacial score (nSPS) is 28.6. The zero-order valence-corrected chi connectivity index (χ0v) is 10.2. The van der Waals surface area contributed by atoms with E-state index >= 15 is 0 Å². The summed E-state index contributed by atoms with van der Waals surface area (Å²) >= 11 is 5.94. The molecule has 1 heterocycles. The average Bonchev–Trinajstić information content (AvgIpc) is 2.50. The second-order valence-corrected chi connectivity index (χ2v) is 6.56. The summed E-state index contributed by atoms with van der Waals surface area (Å²) in [5.41, 5.74) is 0.954. The monoisotopic (exact) mass is 257 g/mol. The lowest BCUT2D eigenvalue weighted by Gasteiger charge is -2.04. The van der Waals surface area contributed by atoms with Gasteiger partial charge in [0, 0.05) is 6.21 Å². The van der Waals surface area contributed by atoms with Crippen molar-refractivity contribution in [3.63, 3.8) is 0 Å². The lowest BCUT2D eigenvalue weighted by Crippen LogP contribution is -2.16. The molecule has 0 aliphatic carbocycles. The van der Waals surface area contributed by atoms with Crippen LogP contribution in [0.2, 0.25) is 0 Å². The van der Waals surface area contributed by atoms with Crippen molar-refractivity contribution in [2.24, 2.45) is 4.99 Å². The predicted octanol–water partition coefficient (Wildman–Crippen LogP) is 1.51. The van der Waals surface area contributed by atoms with E-state index in [4.69, 9.17) is 11.6 Å². The van der Waals surface area contributed by atoms with Crippen LogP contribution in [0.5, 0.6) is 0 Å². The first kappa shape index (κ1) is 11.6. The molecule has 86 valence electrons. The van der Waals surface area contributed by atoms with E-state index in [9.17, 15) is 8.42 Å². The molecule has 1 saturated heterocycles. The minimum Gasteiger partial charge on any atom is -0.287 e. The van der Waals surface area contributed by atoms with Crippen molar-refractivity contribution in [3.8, 4) is 0 Å². The fourth-order valence-electron chi connectivity index (χ4n) is 1.64. The van der Waals surface area contributed by atoms with Crippen molar-refractivity contribution < 1.29 is 8.42 Å². The molecule has 1 aromatic carbocycles. The summed E-state index contributed by atoms with van der Waals surface area (Å²) in [6.07, 6.45) is 1.68. The lowest BCUT2D eigenvalue weighted by atomic mass is 10.2. The Morgan fingerprint density at radius 1 is 1.25 bits per heavy atom. The second kappa shape index (κ2) is 4.55. The molecule has 0 bridgehead atoms. The van der Waals surface area contributed by atoms with E-state index in [1.807, 2.05) is 30.3 Å². The maximum absolute atomic E-state index is 11.3. The van der Waals surface area contributed by atoms with Crippen LogP contribution in [-0.2, 0) is 9.84 Å². The van der Waals surface area contributed by atoms with Gasteiger partial charge in [-0.3, -0.25) is 4.99 Å². The topological polar surface area (TPSA) is 46.5 Å². The van der Waals surface area contributed by atoms with Gasteiger partial charge in [0.1, 0.15) is 0 Å². The van der Waals surface area contributed by atoms with Gasteiger partial charge in [0.05, 0.1) is 22.9 Å². The van der Waals surface area contributed by atoms with Crippen LogP contribution < -0.4 is 0 Å². The van der Waals surface area contributed by atoms with Gasteiger partial charge in [-0.2, -0.15) is 0 Å². The summed E-state index contributed by atoms with van der Waals surface area (Å²) in [5, 5.41) is -0.398. The summed E-state index contributed by atoms with van der Waals surface area (Å²) in [4.78, 5) is 4.23. The first-order chi connectivity index (χ1) is 7.57. The molecule has 16 heavy (non-hydrogen) atoms. The number of nitrogens with zero attached hydrogens (tertiary/aromatic N) is 1. The summed E-state index contributed by atoms with van der Waals surface area (Å²) < 4.78 is 22.6. The van der Waals surface area contributed by atoms with Gasteiger partial charge in [-0.1, -0.05) is 30.3 Å². The molecule has 0 saturated carbocycles. The van der Waals surface area contributed by atoms with E-state index in [0.717, 1.165) is 5.56 Å². The number of sulfone groups is 1. The van der Waals surface area contributed by atoms with Crippen LogP contribution in [0, 0.1) is 0 Å². The molecule has 2 unspecified atom stereocenters. The zero-order valence-electron chi connectivity index (χ0n) is 8.58. The van der Waals surface area contributed by atoms with Crippen LogP contribution in [0.1, 0.15) is 5.56 Å². The Balaban J connectivity index is 2.09. The third-order valence-corrected chi connectivity index (χ3v) is 4.81. The summed E-state index contributed by atoms with van der Waals surface area (Å²) in [5.74, 6) is 0.0931. The molecular weight excluding hydrogens is 246 g/mol. The van der Waals surface area contributed by atoms with Gasteiger partial charge in [-0.15, -0.1) is 11.6 Å². The SMILES string of the molecule is O=S1(=O)CC(Cl)C(N=Cc2ccccc2)C1. The Hall–Kier alpha value is -0.870. The Labute approximate surface area is 100 Å². The number of hydrogen-bond acceptors (Lipinski definition) is 3. The van der Waals surface area contributed by atoms with E-state index < -0.39 is 15.2 Å². The van der Waals surface area contributed by atoms with Gasteiger partial charge >= 0.3 is 0 Å². The van der Waals surface area contributed by atoms with Crippen LogP contribution in [-0.4, -0.2) is 37.6 Å². The minimum absolute atomic E-state index is 0.0331. The molecule has 2 atom stereocenters. The zero-order chi connectivity index (χ0) is 11.6. The van der Waals surface area contributed by atoms with Crippen molar-refractivity contribution in [2.75, 3.05) is 11.5 Å². The molecule has 0 aromatic heterocycles. The molecule has 1 aliphatic heterocycles. The highest BCUT2D eigenvalue weighted by molar-refractivity contribution is 7.91. The van der Waals surface area contributed by atoms with Crippen LogP contribution in [0.3, 0.4) is 0 Å². The Kier molecular flexibility index (Phi) is 3.30. The molecule has 5 heteroatoms. The molecule has 1 aromatic rings. The van der Waals surface area contributed by atoms with Gasteiger partial charge in [0.25, 0.3) is 0 Å². The molecule has 2 rings (SSSR count). The lowest BCUT2D eigenvalue weighted by molar-refractivity contribution is 0.601. The van der Waals surface area contributed by atoms with E-state index in [1.54, 1.807) is 6.21 Å². The number of aliphatic imine (C=N–C) groups is 1. The van der Waals surface area contributed by atoms with Gasteiger partial charge in [-0.05, 0) is 5.56 Å². The highest BCUT2D eigenvalue weighted by Gasteiger charge is 2.35. The van der Waals surface area contributed by atoms with Crippen molar-refractivity contribution >= 4 is 27.7 Å². The van der Waals surface area contributed by atoms with E-state index in [2.05, 4.69) is 4.99 Å². The molecule has 3 nitrogen and oxygen atoms in total. The van der Waals surface area contributed by atoms with Crippen LogP contribution in [0.25, 0.3) is 0 Å². The van der Waals surface area contributed by atoms with Gasteiger partial charge < -0.3 is 0 Å². The Bertz CT molecular complexity index is 484. The molecule has 0 amide bonds. The number of alkyl halides is 1. The number of hydrogen-bond donors (Lipinski definition) is 0. The number of rotatable bonds is 2. The molecule has 0 N–H and O–H groups in total. The summed E-state index contributed by atoms with van der Waals surface area (Å²) in [7, 11) is -2.99. The van der Waals surface area contributed by atoms with E-state index in [-0.39, 0.29) is 17.5 Å². The smallest absolute Gasteiger partial charge is 0.153 e. The molecule has 1 aliphatic rings. The number of halogens is 1. The highest BCUT2D eigenvalue weighted by atomic mass is 35.5. The van der Waals surface area contributed by atoms with Crippen molar-refractivity contribution in [2.45, 2.75) is 11.4 Å². The van der Waals surface area contributed by atoms with Crippen molar-refractivity contribution in [1.82, 2.24) is 0 Å². The molecule has 0 spiro atoms. The standard InChI is InChI=1S/C11H12ClNO2S/c12-10-7-16(14,15)8-11(10)13-6-9-4-2-1-3-5-9/h1-6,10-11H,7-8H2. The van der Waals surface area contributed by atoms with Crippen LogP contribution in [0.4, 0.5) is 0 Å². The first-order valence-corrected chi connectivity index (χ1v) is 7.25. The Morgan fingerprint density at radius 3 is 2.50 bits per heavy atom. The van der Waals surface area contributed by atoms with Crippen LogP contribution >= 0.6 is 11.6 Å². The van der Waals surface area contributed by atoms with Gasteiger partial charge in [0.15, 0.2) is 9.84 Å². The van der Waals surface area contributed by atoms with E-state index in [1.165, 1.54) is 0 Å². The highest BCUT2D eigenvalue weighted by Crippen LogP contribution is 2.20. The fraction of sp³-hybridized carbons (Fsp3) is 0.364. The summed E-state index contributed by atoms with van der Waals surface area (Å²) in [6, 6.07) is 9.25. The maximum atomic E-state index is 11.3. The quantitative estimate of drug-likeness (QED) is 0.596. The third kappa shape index (κ3) is 2.83. The Morgan fingerprint density at radius 2 is 1.94 bits per heavy atom. The summed E-state index contributed by atoms with van der Waals surface area (Å²) in [6.45, 7) is 0. The molecule has 1 fully saturated rings. The van der Waals surface area contributed by atoms with Crippen LogP contribution in [0.15, 0.2) is 35.3 Å². The fourth-order valence-corrected chi connectivity index (χ4v) is 4.16.